The number of ether oxygens (including phenoxy) is 1. The zero-order valence-electron chi connectivity index (χ0n) is 9.72. The van der Waals surface area contributed by atoms with Crippen LogP contribution in [0, 0.1) is 11.8 Å². The van der Waals surface area contributed by atoms with Gasteiger partial charge in [-0.1, -0.05) is 19.3 Å². The zero-order chi connectivity index (χ0) is 10.2. The molecule has 1 rings (SSSR count). The van der Waals surface area contributed by atoms with Crippen molar-refractivity contribution in [2.45, 2.75) is 38.5 Å². The van der Waals surface area contributed by atoms with Crippen LogP contribution in [0.3, 0.4) is 0 Å². The highest BCUT2D eigenvalue weighted by molar-refractivity contribution is 4.76. The van der Waals surface area contributed by atoms with Crippen LogP contribution >= 0.6 is 0 Å². The molecule has 0 aromatic rings. The third kappa shape index (κ3) is 3.97. The quantitative estimate of drug-likeness (QED) is 0.663. The molecule has 0 saturated heterocycles. The van der Waals surface area contributed by atoms with E-state index < -0.39 is 0 Å². The average molecular weight is 199 g/mol. The summed E-state index contributed by atoms with van der Waals surface area (Å²) in [7, 11) is 3.87. The smallest absolute Gasteiger partial charge is 0.0462 e. The van der Waals surface area contributed by atoms with Crippen molar-refractivity contribution in [1.29, 1.82) is 0 Å². The van der Waals surface area contributed by atoms with E-state index in [-0.39, 0.29) is 0 Å². The number of methoxy groups -OCH3 is 1. The summed E-state index contributed by atoms with van der Waals surface area (Å²) in [5.41, 5.74) is 0. The maximum atomic E-state index is 5.11. The van der Waals surface area contributed by atoms with Crippen LogP contribution in [0.15, 0.2) is 0 Å². The summed E-state index contributed by atoms with van der Waals surface area (Å²) < 4.78 is 5.11. The lowest BCUT2D eigenvalue weighted by Crippen LogP contribution is -2.28. The highest BCUT2D eigenvalue weighted by Crippen LogP contribution is 2.32. The van der Waals surface area contributed by atoms with Crippen molar-refractivity contribution < 1.29 is 4.74 Å². The van der Waals surface area contributed by atoms with Gasteiger partial charge in [-0.05, 0) is 44.7 Å². The van der Waals surface area contributed by atoms with Gasteiger partial charge in [-0.3, -0.25) is 0 Å². The fourth-order valence-corrected chi connectivity index (χ4v) is 2.69. The number of hydrogen-bond donors (Lipinski definition) is 1. The Balaban J connectivity index is 2.22. The Morgan fingerprint density at radius 2 is 1.93 bits per heavy atom. The molecular weight excluding hydrogens is 174 g/mol. The van der Waals surface area contributed by atoms with Gasteiger partial charge in [0.2, 0.25) is 0 Å². The average Bonchev–Trinajstić information content (AvgIpc) is 2.21. The van der Waals surface area contributed by atoms with E-state index in [1.165, 1.54) is 45.1 Å². The second-order valence-electron chi connectivity index (χ2n) is 4.50. The summed E-state index contributed by atoms with van der Waals surface area (Å²) in [6.45, 7) is 2.14. The largest absolute Gasteiger partial charge is 0.385 e. The van der Waals surface area contributed by atoms with Crippen LogP contribution in [-0.4, -0.2) is 27.3 Å². The molecule has 14 heavy (non-hydrogen) atoms. The Labute approximate surface area is 88.4 Å². The molecule has 1 fully saturated rings. The summed E-state index contributed by atoms with van der Waals surface area (Å²) in [4.78, 5) is 0. The van der Waals surface area contributed by atoms with E-state index in [1.807, 2.05) is 0 Å². The van der Waals surface area contributed by atoms with E-state index >= 15 is 0 Å². The monoisotopic (exact) mass is 199 g/mol. The molecule has 2 unspecified atom stereocenters. The molecule has 84 valence electrons. The van der Waals surface area contributed by atoms with Gasteiger partial charge in [-0.15, -0.1) is 0 Å². The van der Waals surface area contributed by atoms with Crippen LogP contribution in [0.5, 0.6) is 0 Å². The van der Waals surface area contributed by atoms with Crippen molar-refractivity contribution >= 4 is 0 Å². The van der Waals surface area contributed by atoms with E-state index in [0.717, 1.165) is 18.4 Å². The summed E-state index contributed by atoms with van der Waals surface area (Å²) >= 11 is 0. The maximum Gasteiger partial charge on any atom is 0.0462 e. The van der Waals surface area contributed by atoms with Crippen LogP contribution in [-0.2, 0) is 4.74 Å². The third-order valence-corrected chi connectivity index (χ3v) is 3.46. The van der Waals surface area contributed by atoms with Crippen molar-refractivity contribution in [3.63, 3.8) is 0 Å². The molecule has 1 aliphatic carbocycles. The topological polar surface area (TPSA) is 21.3 Å². The summed E-state index contributed by atoms with van der Waals surface area (Å²) in [5, 5.41) is 3.33. The van der Waals surface area contributed by atoms with Crippen LogP contribution in [0.25, 0.3) is 0 Å². The first-order valence-corrected chi connectivity index (χ1v) is 6.02. The number of rotatable bonds is 6. The van der Waals surface area contributed by atoms with Crippen LogP contribution in [0.2, 0.25) is 0 Å². The van der Waals surface area contributed by atoms with Crippen molar-refractivity contribution in [2.75, 3.05) is 27.3 Å². The minimum Gasteiger partial charge on any atom is -0.385 e. The molecule has 1 N–H and O–H groups in total. The summed E-state index contributed by atoms with van der Waals surface area (Å²) in [5.74, 6) is 1.87. The van der Waals surface area contributed by atoms with Crippen LogP contribution in [0.1, 0.15) is 38.5 Å². The Hall–Kier alpha value is -0.0800. The van der Waals surface area contributed by atoms with E-state index in [4.69, 9.17) is 4.74 Å². The standard InChI is InChI=1S/C12H25NO/c1-13-10-12-7-4-3-6-11(12)8-5-9-14-2/h11-13H,3-10H2,1-2H3. The van der Waals surface area contributed by atoms with Crippen LogP contribution < -0.4 is 5.32 Å². The van der Waals surface area contributed by atoms with Gasteiger partial charge in [0.05, 0.1) is 0 Å². The first-order valence-electron chi connectivity index (χ1n) is 6.02. The normalized spacial score (nSPS) is 27.9. The highest BCUT2D eigenvalue weighted by Gasteiger charge is 2.23. The molecule has 0 bridgehead atoms. The molecular formula is C12H25NO. The molecule has 2 atom stereocenters. The second-order valence-corrected chi connectivity index (χ2v) is 4.50. The molecule has 0 spiro atoms. The molecule has 0 aromatic carbocycles. The van der Waals surface area contributed by atoms with Gasteiger partial charge in [0.15, 0.2) is 0 Å². The minimum absolute atomic E-state index is 0.922. The second kappa shape index (κ2) is 7.24. The zero-order valence-corrected chi connectivity index (χ0v) is 9.72. The Bertz CT molecular complexity index is 136. The molecule has 0 radical (unpaired) electrons. The molecule has 0 aliphatic heterocycles. The Kier molecular flexibility index (Phi) is 6.20. The van der Waals surface area contributed by atoms with Crippen molar-refractivity contribution in [1.82, 2.24) is 5.32 Å². The molecule has 1 saturated carbocycles. The van der Waals surface area contributed by atoms with Crippen molar-refractivity contribution in [3.05, 3.63) is 0 Å². The van der Waals surface area contributed by atoms with Gasteiger partial charge < -0.3 is 10.1 Å². The van der Waals surface area contributed by atoms with Gasteiger partial charge in [0.1, 0.15) is 0 Å². The van der Waals surface area contributed by atoms with Crippen LogP contribution in [0.4, 0.5) is 0 Å². The lowest BCUT2D eigenvalue weighted by atomic mass is 9.77. The minimum atomic E-state index is 0.922. The molecule has 0 heterocycles. The molecule has 1 aliphatic rings. The number of hydrogen-bond acceptors (Lipinski definition) is 2. The summed E-state index contributed by atoms with van der Waals surface area (Å²) in [6.07, 6.45) is 8.35. The first-order chi connectivity index (χ1) is 6.88. The predicted octanol–water partition coefficient (Wildman–Crippen LogP) is 2.44. The highest BCUT2D eigenvalue weighted by atomic mass is 16.5. The van der Waals surface area contributed by atoms with Gasteiger partial charge in [-0.2, -0.15) is 0 Å². The molecule has 0 amide bonds. The van der Waals surface area contributed by atoms with Crippen molar-refractivity contribution in [2.24, 2.45) is 11.8 Å². The van der Waals surface area contributed by atoms with E-state index in [0.29, 0.717) is 0 Å². The lowest BCUT2D eigenvalue weighted by Gasteiger charge is -2.31. The lowest BCUT2D eigenvalue weighted by molar-refractivity contribution is 0.163. The Morgan fingerprint density at radius 1 is 1.21 bits per heavy atom. The summed E-state index contributed by atoms with van der Waals surface area (Å²) in [6, 6.07) is 0. The molecule has 2 heteroatoms. The van der Waals surface area contributed by atoms with Crippen molar-refractivity contribution in [3.8, 4) is 0 Å². The van der Waals surface area contributed by atoms with E-state index in [9.17, 15) is 0 Å². The fraction of sp³-hybridized carbons (Fsp3) is 1.00. The van der Waals surface area contributed by atoms with Gasteiger partial charge in [-0.25, -0.2) is 0 Å². The SMILES string of the molecule is CNCC1CCCCC1CCCOC. The molecule has 0 aromatic heterocycles. The van der Waals surface area contributed by atoms with Gasteiger partial charge in [0.25, 0.3) is 0 Å². The molecule has 2 nitrogen and oxygen atoms in total. The fourth-order valence-electron chi connectivity index (χ4n) is 2.69. The predicted molar refractivity (Wildman–Crippen MR) is 60.5 cm³/mol. The third-order valence-electron chi connectivity index (χ3n) is 3.46. The van der Waals surface area contributed by atoms with Gasteiger partial charge in [0, 0.05) is 13.7 Å². The van der Waals surface area contributed by atoms with E-state index in [2.05, 4.69) is 12.4 Å². The maximum absolute atomic E-state index is 5.11. The Morgan fingerprint density at radius 3 is 2.57 bits per heavy atom. The number of nitrogens with one attached hydrogen (secondary N) is 1. The van der Waals surface area contributed by atoms with E-state index in [1.54, 1.807) is 7.11 Å². The first kappa shape index (κ1) is 12.0. The van der Waals surface area contributed by atoms with Gasteiger partial charge >= 0.3 is 0 Å².